The van der Waals surface area contributed by atoms with Gasteiger partial charge < -0.3 is 10.2 Å². The number of nitrogens with zero attached hydrogens (tertiary/aromatic N) is 1. The van der Waals surface area contributed by atoms with E-state index in [1.807, 2.05) is 48.5 Å². The van der Waals surface area contributed by atoms with Crippen molar-refractivity contribution in [1.29, 1.82) is 0 Å². The first kappa shape index (κ1) is 19.7. The van der Waals surface area contributed by atoms with Crippen LogP contribution in [0.2, 0.25) is 0 Å². The van der Waals surface area contributed by atoms with Crippen LogP contribution in [0.4, 0.5) is 11.4 Å². The van der Waals surface area contributed by atoms with E-state index in [9.17, 15) is 9.59 Å². The summed E-state index contributed by atoms with van der Waals surface area (Å²) in [6, 6.07) is 15.4. The van der Waals surface area contributed by atoms with E-state index < -0.39 is 0 Å². The summed E-state index contributed by atoms with van der Waals surface area (Å²) in [4.78, 5) is 26.5. The molecule has 0 spiro atoms. The molecule has 0 aliphatic rings. The van der Waals surface area contributed by atoms with Gasteiger partial charge in [0, 0.05) is 18.4 Å². The highest BCUT2D eigenvalue weighted by atomic mass is 16.2. The van der Waals surface area contributed by atoms with Crippen molar-refractivity contribution >= 4 is 23.2 Å². The highest BCUT2D eigenvalue weighted by molar-refractivity contribution is 6.09. The lowest BCUT2D eigenvalue weighted by atomic mass is 9.92. The standard InChI is InChI=1S/C22H28N2O2/c1-15(2)18-12-9-13-19(16(3)4)22(18)23-20(25)14-21(26)24(5)17-10-7-6-8-11-17/h6-13,15-16H,14H2,1-5H3,(H,23,25). The molecule has 0 bridgehead atoms. The van der Waals surface area contributed by atoms with E-state index in [-0.39, 0.29) is 30.1 Å². The van der Waals surface area contributed by atoms with E-state index in [1.165, 1.54) is 4.90 Å². The summed E-state index contributed by atoms with van der Waals surface area (Å²) >= 11 is 0. The van der Waals surface area contributed by atoms with E-state index in [0.717, 1.165) is 22.5 Å². The van der Waals surface area contributed by atoms with E-state index in [1.54, 1.807) is 7.05 Å². The second-order valence-corrected chi connectivity index (χ2v) is 7.13. The zero-order valence-electron chi connectivity index (χ0n) is 16.2. The number of nitrogens with one attached hydrogen (secondary N) is 1. The topological polar surface area (TPSA) is 49.4 Å². The van der Waals surface area contributed by atoms with E-state index in [4.69, 9.17) is 0 Å². The van der Waals surface area contributed by atoms with Crippen LogP contribution in [0.15, 0.2) is 48.5 Å². The zero-order valence-corrected chi connectivity index (χ0v) is 16.2. The molecule has 0 aromatic heterocycles. The van der Waals surface area contributed by atoms with Gasteiger partial charge in [-0.25, -0.2) is 0 Å². The van der Waals surface area contributed by atoms with Crippen molar-refractivity contribution in [3.63, 3.8) is 0 Å². The molecule has 138 valence electrons. The molecule has 26 heavy (non-hydrogen) atoms. The van der Waals surface area contributed by atoms with Gasteiger partial charge in [0.2, 0.25) is 11.8 Å². The minimum Gasteiger partial charge on any atom is -0.325 e. The molecule has 0 fully saturated rings. The maximum Gasteiger partial charge on any atom is 0.236 e. The summed E-state index contributed by atoms with van der Waals surface area (Å²) in [5.74, 6) is 0.0491. The van der Waals surface area contributed by atoms with Gasteiger partial charge in [-0.1, -0.05) is 64.1 Å². The highest BCUT2D eigenvalue weighted by Crippen LogP contribution is 2.32. The maximum absolute atomic E-state index is 12.5. The molecule has 2 aromatic rings. The fourth-order valence-electron chi connectivity index (χ4n) is 2.93. The van der Waals surface area contributed by atoms with Crippen molar-refractivity contribution in [2.45, 2.75) is 46.0 Å². The molecule has 2 aromatic carbocycles. The molecule has 0 saturated carbocycles. The number of anilines is 2. The summed E-state index contributed by atoms with van der Waals surface area (Å²) in [6.07, 6.45) is -0.185. The van der Waals surface area contributed by atoms with Gasteiger partial charge in [0.15, 0.2) is 0 Å². The Bertz CT molecular complexity index is 741. The highest BCUT2D eigenvalue weighted by Gasteiger charge is 2.19. The molecule has 4 nitrogen and oxygen atoms in total. The fourth-order valence-corrected chi connectivity index (χ4v) is 2.93. The molecule has 0 aliphatic carbocycles. The second kappa shape index (κ2) is 8.65. The molecule has 0 unspecified atom stereocenters. The van der Waals surface area contributed by atoms with Crippen molar-refractivity contribution in [3.8, 4) is 0 Å². The predicted molar refractivity (Wildman–Crippen MR) is 108 cm³/mol. The summed E-state index contributed by atoms with van der Waals surface area (Å²) in [7, 11) is 1.69. The SMILES string of the molecule is CC(C)c1cccc(C(C)C)c1NC(=O)CC(=O)N(C)c1ccccc1. The Morgan fingerprint density at radius 2 is 1.42 bits per heavy atom. The van der Waals surface area contributed by atoms with Crippen LogP contribution in [0.3, 0.4) is 0 Å². The van der Waals surface area contributed by atoms with Crippen molar-refractivity contribution < 1.29 is 9.59 Å². The monoisotopic (exact) mass is 352 g/mol. The minimum absolute atomic E-state index is 0.185. The van der Waals surface area contributed by atoms with Crippen LogP contribution in [-0.4, -0.2) is 18.9 Å². The van der Waals surface area contributed by atoms with Gasteiger partial charge in [-0.15, -0.1) is 0 Å². The molecule has 1 N–H and O–H groups in total. The number of benzene rings is 2. The molecule has 2 rings (SSSR count). The summed E-state index contributed by atoms with van der Waals surface area (Å²) in [5, 5.41) is 2.99. The Morgan fingerprint density at radius 1 is 0.885 bits per heavy atom. The van der Waals surface area contributed by atoms with Gasteiger partial charge in [0.25, 0.3) is 0 Å². The second-order valence-electron chi connectivity index (χ2n) is 7.13. The number of carbonyl (C=O) groups excluding carboxylic acids is 2. The van der Waals surface area contributed by atoms with Crippen molar-refractivity contribution in [1.82, 2.24) is 0 Å². The maximum atomic E-state index is 12.5. The lowest BCUT2D eigenvalue weighted by Crippen LogP contribution is -2.30. The first-order chi connectivity index (χ1) is 12.3. The number of hydrogen-bond acceptors (Lipinski definition) is 2. The van der Waals surface area contributed by atoms with E-state index in [0.29, 0.717) is 0 Å². The lowest BCUT2D eigenvalue weighted by molar-refractivity contribution is -0.125. The molecule has 2 amide bonds. The normalized spacial score (nSPS) is 10.9. The Kier molecular flexibility index (Phi) is 6.56. The molecule has 0 atom stereocenters. The quantitative estimate of drug-likeness (QED) is 0.750. The Labute approximate surface area is 156 Å². The third kappa shape index (κ3) is 4.72. The van der Waals surface area contributed by atoms with Gasteiger partial charge in [-0.3, -0.25) is 9.59 Å². The van der Waals surface area contributed by atoms with Crippen LogP contribution in [0, 0.1) is 0 Å². The molecular weight excluding hydrogens is 324 g/mol. The van der Waals surface area contributed by atoms with Crippen LogP contribution in [0.5, 0.6) is 0 Å². The van der Waals surface area contributed by atoms with Crippen LogP contribution in [0.25, 0.3) is 0 Å². The lowest BCUT2D eigenvalue weighted by Gasteiger charge is -2.21. The average molecular weight is 352 g/mol. The van der Waals surface area contributed by atoms with Crippen molar-refractivity contribution in [2.24, 2.45) is 0 Å². The average Bonchev–Trinajstić information content (AvgIpc) is 2.61. The van der Waals surface area contributed by atoms with Crippen LogP contribution >= 0.6 is 0 Å². The molecule has 0 radical (unpaired) electrons. The Balaban J connectivity index is 2.16. The largest absolute Gasteiger partial charge is 0.325 e. The minimum atomic E-state index is -0.284. The van der Waals surface area contributed by atoms with Gasteiger partial charge in [-0.2, -0.15) is 0 Å². The summed E-state index contributed by atoms with van der Waals surface area (Å²) < 4.78 is 0. The summed E-state index contributed by atoms with van der Waals surface area (Å²) in [6.45, 7) is 8.40. The van der Waals surface area contributed by atoms with Crippen molar-refractivity contribution in [3.05, 3.63) is 59.7 Å². The molecule has 4 heteroatoms. The number of amides is 2. The first-order valence-electron chi connectivity index (χ1n) is 9.05. The third-order valence-corrected chi connectivity index (χ3v) is 4.47. The van der Waals surface area contributed by atoms with Crippen LogP contribution in [0.1, 0.15) is 57.1 Å². The van der Waals surface area contributed by atoms with Crippen molar-refractivity contribution in [2.75, 3.05) is 17.3 Å². The van der Waals surface area contributed by atoms with Gasteiger partial charge in [0.1, 0.15) is 6.42 Å². The Hall–Kier alpha value is -2.62. The predicted octanol–water partition coefficient (Wildman–Crippen LogP) is 4.93. The van der Waals surface area contributed by atoms with E-state index >= 15 is 0 Å². The van der Waals surface area contributed by atoms with Crippen LogP contribution in [-0.2, 0) is 9.59 Å². The molecule has 0 saturated heterocycles. The number of para-hydroxylation sites is 2. The zero-order chi connectivity index (χ0) is 19.3. The molecular formula is C22H28N2O2. The number of hydrogen-bond donors (Lipinski definition) is 1. The van der Waals surface area contributed by atoms with Gasteiger partial charge >= 0.3 is 0 Å². The fraction of sp³-hybridized carbons (Fsp3) is 0.364. The van der Waals surface area contributed by atoms with Gasteiger partial charge in [-0.05, 0) is 35.1 Å². The first-order valence-corrected chi connectivity index (χ1v) is 9.05. The molecule has 0 heterocycles. The number of rotatable bonds is 6. The third-order valence-electron chi connectivity index (χ3n) is 4.47. The van der Waals surface area contributed by atoms with Crippen LogP contribution < -0.4 is 10.2 Å². The molecule has 0 aliphatic heterocycles. The smallest absolute Gasteiger partial charge is 0.236 e. The Morgan fingerprint density at radius 3 is 1.92 bits per heavy atom. The van der Waals surface area contributed by atoms with E-state index in [2.05, 4.69) is 33.0 Å². The van der Waals surface area contributed by atoms with Gasteiger partial charge in [0.05, 0.1) is 0 Å². The summed E-state index contributed by atoms with van der Waals surface area (Å²) in [5.41, 5.74) is 3.80. The number of carbonyl (C=O) groups is 2.